The average Bonchev–Trinajstić information content (AvgIpc) is 2.59. The van der Waals surface area contributed by atoms with Crippen LogP contribution in [-0.2, 0) is 10.0 Å². The van der Waals surface area contributed by atoms with Gasteiger partial charge < -0.3 is 0 Å². The molecule has 2 heterocycles. The summed E-state index contributed by atoms with van der Waals surface area (Å²) in [6.45, 7) is 5.85. The van der Waals surface area contributed by atoms with Crippen LogP contribution in [0.25, 0.3) is 0 Å². The lowest BCUT2D eigenvalue weighted by atomic mass is 10.2. The number of nitrogens with zero attached hydrogens (tertiary/aromatic N) is 2. The minimum absolute atomic E-state index is 0.351. The van der Waals surface area contributed by atoms with Gasteiger partial charge in [-0.15, -0.1) is 0 Å². The van der Waals surface area contributed by atoms with E-state index in [1.807, 2.05) is 31.3 Å². The Hall–Kier alpha value is -1.63. The molecule has 5 nitrogen and oxygen atoms in total. The van der Waals surface area contributed by atoms with Gasteiger partial charge in [0.1, 0.15) is 0 Å². The lowest BCUT2D eigenvalue weighted by molar-refractivity contribution is -0.364. The first-order chi connectivity index (χ1) is 11.4. The first kappa shape index (κ1) is 17.2. The fourth-order valence-corrected chi connectivity index (χ4v) is 4.85. The van der Waals surface area contributed by atoms with E-state index in [-0.39, 0.29) is 0 Å². The second-order valence-corrected chi connectivity index (χ2v) is 8.32. The number of aryl methyl sites for hydroxylation is 2. The van der Waals surface area contributed by atoms with Crippen molar-refractivity contribution in [3.05, 3.63) is 52.7 Å². The zero-order valence-corrected chi connectivity index (χ0v) is 15.4. The predicted octanol–water partition coefficient (Wildman–Crippen LogP) is 2.28. The summed E-state index contributed by atoms with van der Waals surface area (Å²) < 4.78 is 27.5. The Kier molecular flexibility index (Phi) is 4.80. The third kappa shape index (κ3) is 3.27. The Labute approximate surface area is 147 Å². The van der Waals surface area contributed by atoms with Gasteiger partial charge in [0.25, 0.3) is 5.82 Å². The van der Waals surface area contributed by atoms with E-state index in [2.05, 4.69) is 9.88 Å². The molecule has 0 unspecified atom stereocenters. The van der Waals surface area contributed by atoms with Crippen LogP contribution in [0.15, 0.2) is 41.4 Å². The normalized spacial score (nSPS) is 16.4. The smallest absolute Gasteiger partial charge is 0.259 e. The number of halogens is 1. The lowest BCUT2D eigenvalue weighted by Gasteiger charge is -2.30. The lowest BCUT2D eigenvalue weighted by Crippen LogP contribution is -2.50. The van der Waals surface area contributed by atoms with Gasteiger partial charge in [-0.3, -0.25) is 4.90 Å². The molecule has 0 bridgehead atoms. The van der Waals surface area contributed by atoms with E-state index in [1.54, 1.807) is 23.4 Å². The quantitative estimate of drug-likeness (QED) is 0.837. The second-order valence-electron chi connectivity index (χ2n) is 6.01. The van der Waals surface area contributed by atoms with Gasteiger partial charge in [-0.1, -0.05) is 17.7 Å². The van der Waals surface area contributed by atoms with Crippen molar-refractivity contribution in [2.45, 2.75) is 18.7 Å². The number of hydrogen-bond acceptors (Lipinski definition) is 3. The van der Waals surface area contributed by atoms with Crippen LogP contribution < -0.4 is 9.88 Å². The fraction of sp³-hybridized carbons (Fsp3) is 0.353. The highest BCUT2D eigenvalue weighted by Crippen LogP contribution is 2.27. The molecule has 128 valence electrons. The standard InChI is InChI=1S/C17H20ClN3O2S/c1-13-12-16(14(2)11-15(13)18)24(22,23)21-9-7-20(8-10-21)17-5-3-4-6-19-17/h3-6,11-12H,7-10H2,1-2H3/p+1. The van der Waals surface area contributed by atoms with Gasteiger partial charge >= 0.3 is 0 Å². The number of nitrogens with one attached hydrogen (secondary N) is 1. The largest absolute Gasteiger partial charge is 0.274 e. The Morgan fingerprint density at radius 1 is 1.04 bits per heavy atom. The van der Waals surface area contributed by atoms with E-state index in [0.29, 0.717) is 41.7 Å². The minimum atomic E-state index is -3.50. The first-order valence-corrected chi connectivity index (χ1v) is 9.70. The molecule has 0 radical (unpaired) electrons. The van der Waals surface area contributed by atoms with Crippen molar-refractivity contribution in [1.82, 2.24) is 4.31 Å². The number of anilines is 1. The highest BCUT2D eigenvalue weighted by atomic mass is 35.5. The van der Waals surface area contributed by atoms with Gasteiger partial charge in [-0.05, 0) is 43.2 Å². The maximum absolute atomic E-state index is 13.0. The second kappa shape index (κ2) is 6.70. The number of pyridine rings is 1. The van der Waals surface area contributed by atoms with Crippen molar-refractivity contribution in [2.75, 3.05) is 31.1 Å². The van der Waals surface area contributed by atoms with Crippen molar-refractivity contribution in [2.24, 2.45) is 0 Å². The summed E-state index contributed by atoms with van der Waals surface area (Å²) >= 11 is 6.09. The van der Waals surface area contributed by atoms with Gasteiger partial charge in [0.05, 0.1) is 37.3 Å². The zero-order valence-electron chi connectivity index (χ0n) is 13.8. The molecular formula is C17H21ClN3O2S+. The number of rotatable bonds is 3. The molecule has 0 amide bonds. The zero-order chi connectivity index (χ0) is 17.3. The van der Waals surface area contributed by atoms with E-state index in [4.69, 9.17) is 11.6 Å². The number of aromatic amines is 1. The van der Waals surface area contributed by atoms with Gasteiger partial charge in [0.15, 0.2) is 0 Å². The molecule has 24 heavy (non-hydrogen) atoms. The summed E-state index contributed by atoms with van der Waals surface area (Å²) in [7, 11) is -3.50. The van der Waals surface area contributed by atoms with Crippen molar-refractivity contribution in [3.63, 3.8) is 0 Å². The number of sulfonamides is 1. The summed E-state index contributed by atoms with van der Waals surface area (Å²) in [5, 5.41) is 0.593. The molecule has 1 aliphatic heterocycles. The maximum Gasteiger partial charge on any atom is 0.274 e. The van der Waals surface area contributed by atoms with Crippen LogP contribution in [0.1, 0.15) is 11.1 Å². The van der Waals surface area contributed by atoms with Crippen LogP contribution in [0.4, 0.5) is 5.82 Å². The summed E-state index contributed by atoms with van der Waals surface area (Å²) in [4.78, 5) is 5.70. The number of H-pyrrole nitrogens is 1. The van der Waals surface area contributed by atoms with Gasteiger partial charge in [-0.25, -0.2) is 13.4 Å². The first-order valence-electron chi connectivity index (χ1n) is 7.88. The Morgan fingerprint density at radius 2 is 1.75 bits per heavy atom. The number of aromatic nitrogens is 1. The number of hydrogen-bond donors (Lipinski definition) is 0. The van der Waals surface area contributed by atoms with Crippen LogP contribution in [0, 0.1) is 13.8 Å². The molecular weight excluding hydrogens is 346 g/mol. The molecule has 2 aromatic rings. The van der Waals surface area contributed by atoms with Crippen LogP contribution in [0.5, 0.6) is 0 Å². The molecule has 3 rings (SSSR count). The Bertz CT molecular complexity index is 832. The third-order valence-corrected chi connectivity index (χ3v) is 6.79. The van der Waals surface area contributed by atoms with Crippen LogP contribution in [0.2, 0.25) is 5.02 Å². The molecule has 0 saturated carbocycles. The highest BCUT2D eigenvalue weighted by Gasteiger charge is 2.32. The van der Waals surface area contributed by atoms with Crippen molar-refractivity contribution in [3.8, 4) is 0 Å². The van der Waals surface area contributed by atoms with Crippen LogP contribution in [0.3, 0.4) is 0 Å². The molecule has 7 heteroatoms. The summed E-state index contributed by atoms with van der Waals surface area (Å²) in [6, 6.07) is 9.28. The molecule has 0 aliphatic carbocycles. The fourth-order valence-electron chi connectivity index (χ4n) is 2.92. The molecule has 0 atom stereocenters. The van der Waals surface area contributed by atoms with E-state index in [1.165, 1.54) is 0 Å². The highest BCUT2D eigenvalue weighted by molar-refractivity contribution is 7.89. The Morgan fingerprint density at radius 3 is 2.38 bits per heavy atom. The molecule has 1 fully saturated rings. The van der Waals surface area contributed by atoms with Crippen LogP contribution >= 0.6 is 11.6 Å². The van der Waals surface area contributed by atoms with E-state index in [0.717, 1.165) is 11.4 Å². The van der Waals surface area contributed by atoms with E-state index < -0.39 is 10.0 Å². The number of piperazine rings is 1. The van der Waals surface area contributed by atoms with Crippen LogP contribution in [-0.4, -0.2) is 38.9 Å². The third-order valence-electron chi connectivity index (χ3n) is 4.35. The topological polar surface area (TPSA) is 54.8 Å². The summed E-state index contributed by atoms with van der Waals surface area (Å²) in [5.41, 5.74) is 1.46. The van der Waals surface area contributed by atoms with Gasteiger partial charge in [0.2, 0.25) is 10.0 Å². The monoisotopic (exact) mass is 366 g/mol. The number of benzene rings is 1. The summed E-state index contributed by atoms with van der Waals surface area (Å²) in [6.07, 6.45) is 1.87. The maximum atomic E-state index is 13.0. The Balaban J connectivity index is 1.79. The summed E-state index contributed by atoms with van der Waals surface area (Å²) in [5.74, 6) is 1.01. The molecule has 1 saturated heterocycles. The van der Waals surface area contributed by atoms with Crippen molar-refractivity contribution in [1.29, 1.82) is 0 Å². The van der Waals surface area contributed by atoms with Gasteiger partial charge in [0, 0.05) is 11.1 Å². The SMILES string of the molecule is Cc1cc(S(=O)(=O)N2CCN(c3cccc[nH+]3)CC2)c(C)cc1Cl. The van der Waals surface area contributed by atoms with Gasteiger partial charge in [-0.2, -0.15) is 4.31 Å². The van der Waals surface area contributed by atoms with E-state index in [9.17, 15) is 8.42 Å². The molecule has 0 spiro atoms. The molecule has 1 aliphatic rings. The average molecular weight is 367 g/mol. The minimum Gasteiger partial charge on any atom is -0.259 e. The van der Waals surface area contributed by atoms with Crippen molar-refractivity contribution >= 4 is 27.4 Å². The van der Waals surface area contributed by atoms with E-state index >= 15 is 0 Å². The molecule has 1 aromatic carbocycles. The van der Waals surface area contributed by atoms with Crippen molar-refractivity contribution < 1.29 is 13.4 Å². The molecule has 1 aromatic heterocycles. The predicted molar refractivity (Wildman–Crippen MR) is 94.9 cm³/mol. The molecule has 1 N–H and O–H groups in total.